The molecule has 1 atom stereocenters. The first-order valence-electron chi connectivity index (χ1n) is 7.72. The Morgan fingerprint density at radius 1 is 1.19 bits per heavy atom. The van der Waals surface area contributed by atoms with E-state index in [1.54, 1.807) is 0 Å². The van der Waals surface area contributed by atoms with Crippen LogP contribution >= 0.6 is 11.6 Å². The molecule has 9 heteroatoms. The van der Waals surface area contributed by atoms with Crippen LogP contribution in [0.5, 0.6) is 0 Å². The van der Waals surface area contributed by atoms with Gasteiger partial charge in [0.2, 0.25) is 0 Å². The average molecular weight is 395 g/mol. The molecule has 0 spiro atoms. The Balaban J connectivity index is 1.98. The molecule has 0 aliphatic heterocycles. The second-order valence-corrected chi connectivity index (χ2v) is 5.83. The highest BCUT2D eigenvalue weighted by molar-refractivity contribution is 6.41. The lowest BCUT2D eigenvalue weighted by molar-refractivity contribution is -0.136. The van der Waals surface area contributed by atoms with Gasteiger partial charge in [-0.1, -0.05) is 23.7 Å². The van der Waals surface area contributed by atoms with Crippen LogP contribution in [-0.4, -0.2) is 36.5 Å². The molecule has 0 bridgehead atoms. The second kappa shape index (κ2) is 9.11. The van der Waals surface area contributed by atoms with Crippen molar-refractivity contribution in [3.8, 4) is 0 Å². The first kappa shape index (κ1) is 20.3. The highest BCUT2D eigenvalue weighted by atomic mass is 35.5. The number of amides is 2. The maximum Gasteiger partial charge on any atom is 0.337 e. The molecule has 0 aliphatic carbocycles. The molecule has 0 aliphatic rings. The van der Waals surface area contributed by atoms with E-state index in [1.807, 2.05) is 0 Å². The fourth-order valence-electron chi connectivity index (χ4n) is 2.15. The zero-order valence-electron chi connectivity index (χ0n) is 14.2. The molecule has 0 saturated heterocycles. The Morgan fingerprint density at radius 2 is 1.93 bits per heavy atom. The van der Waals surface area contributed by atoms with Crippen LogP contribution in [0.2, 0.25) is 5.02 Å². The monoisotopic (exact) mass is 394 g/mol. The molecule has 0 saturated carbocycles. The lowest BCUT2D eigenvalue weighted by atomic mass is 10.1. The molecule has 0 radical (unpaired) electrons. The van der Waals surface area contributed by atoms with Crippen LogP contribution in [-0.2, 0) is 14.3 Å². The molecule has 2 rings (SSSR count). The normalized spacial score (nSPS) is 11.4. The standard InChI is InChI=1S/C18H16ClFN2O5/c1-27-18(26)11-5-6-13(19)14(8-11)22-17(25)16(24)21-9-15(23)10-3-2-4-12(20)7-10/h2-8,15,23H,9H2,1H3,(H,21,24)(H,22,25). The van der Waals surface area contributed by atoms with Crippen LogP contribution < -0.4 is 10.6 Å². The number of rotatable bonds is 5. The number of carbonyl (C=O) groups is 3. The lowest BCUT2D eigenvalue weighted by Crippen LogP contribution is -2.37. The zero-order chi connectivity index (χ0) is 20.0. The van der Waals surface area contributed by atoms with Gasteiger partial charge >= 0.3 is 17.8 Å². The Kier molecular flexibility index (Phi) is 6.86. The number of esters is 1. The predicted molar refractivity (Wildman–Crippen MR) is 95.8 cm³/mol. The summed E-state index contributed by atoms with van der Waals surface area (Å²) in [7, 11) is 1.20. The molecule has 0 aromatic heterocycles. The number of hydrogen-bond donors (Lipinski definition) is 3. The summed E-state index contributed by atoms with van der Waals surface area (Å²) in [4.78, 5) is 35.4. The number of hydrogen-bond acceptors (Lipinski definition) is 5. The lowest BCUT2D eigenvalue weighted by Gasteiger charge is -2.13. The van der Waals surface area contributed by atoms with Crippen molar-refractivity contribution in [1.29, 1.82) is 0 Å². The van der Waals surface area contributed by atoms with Gasteiger partial charge in [0.05, 0.1) is 29.5 Å². The maximum atomic E-state index is 13.1. The van der Waals surface area contributed by atoms with Crippen molar-refractivity contribution < 1.29 is 28.6 Å². The van der Waals surface area contributed by atoms with Gasteiger partial charge in [-0.05, 0) is 35.9 Å². The second-order valence-electron chi connectivity index (χ2n) is 5.42. The van der Waals surface area contributed by atoms with Crippen molar-refractivity contribution in [2.75, 3.05) is 19.0 Å². The van der Waals surface area contributed by atoms with Crippen molar-refractivity contribution in [2.24, 2.45) is 0 Å². The van der Waals surface area contributed by atoms with Crippen molar-refractivity contribution >= 4 is 35.1 Å². The van der Waals surface area contributed by atoms with Gasteiger partial charge in [0.15, 0.2) is 0 Å². The number of halogens is 2. The fraction of sp³-hybridized carbons (Fsp3) is 0.167. The van der Waals surface area contributed by atoms with Crippen molar-refractivity contribution in [1.82, 2.24) is 5.32 Å². The number of ether oxygens (including phenoxy) is 1. The molecular weight excluding hydrogens is 379 g/mol. The van der Waals surface area contributed by atoms with Crippen LogP contribution in [0.1, 0.15) is 22.0 Å². The highest BCUT2D eigenvalue weighted by Crippen LogP contribution is 2.23. The van der Waals surface area contributed by atoms with E-state index in [0.717, 1.165) is 6.07 Å². The third-order valence-corrected chi connectivity index (χ3v) is 3.86. The summed E-state index contributed by atoms with van der Waals surface area (Å²) in [5.74, 6) is -3.25. The SMILES string of the molecule is COC(=O)c1ccc(Cl)c(NC(=O)C(=O)NCC(O)c2cccc(F)c2)c1. The molecule has 142 valence electrons. The van der Waals surface area contributed by atoms with Gasteiger partial charge < -0.3 is 20.5 Å². The van der Waals surface area contributed by atoms with E-state index in [2.05, 4.69) is 15.4 Å². The van der Waals surface area contributed by atoms with Crippen molar-refractivity contribution in [2.45, 2.75) is 6.10 Å². The molecule has 0 heterocycles. The molecule has 3 N–H and O–H groups in total. The first-order valence-corrected chi connectivity index (χ1v) is 8.10. The summed E-state index contributed by atoms with van der Waals surface area (Å²) in [5, 5.41) is 14.6. The van der Waals surface area contributed by atoms with Gasteiger partial charge in [0.1, 0.15) is 5.82 Å². The first-order chi connectivity index (χ1) is 12.8. The zero-order valence-corrected chi connectivity index (χ0v) is 14.9. The van der Waals surface area contributed by atoms with E-state index in [-0.39, 0.29) is 28.4 Å². The minimum Gasteiger partial charge on any atom is -0.465 e. The summed E-state index contributed by atoms with van der Waals surface area (Å²) in [6, 6.07) is 9.27. The van der Waals surface area contributed by atoms with Gasteiger partial charge in [-0.25, -0.2) is 9.18 Å². The number of anilines is 1. The highest BCUT2D eigenvalue weighted by Gasteiger charge is 2.18. The minimum atomic E-state index is -1.19. The molecule has 2 amide bonds. The molecule has 27 heavy (non-hydrogen) atoms. The number of benzene rings is 2. The summed E-state index contributed by atoms with van der Waals surface area (Å²) >= 11 is 5.94. The molecule has 0 fully saturated rings. The summed E-state index contributed by atoms with van der Waals surface area (Å²) in [6.07, 6.45) is -1.19. The van der Waals surface area contributed by atoms with Crippen LogP contribution in [0, 0.1) is 5.82 Å². The van der Waals surface area contributed by atoms with Gasteiger partial charge in [0, 0.05) is 6.54 Å². The Labute approximate surface area is 159 Å². The predicted octanol–water partition coefficient (Wildman–Crippen LogP) is 2.05. The Bertz CT molecular complexity index is 875. The summed E-state index contributed by atoms with van der Waals surface area (Å²) in [5.41, 5.74) is 0.439. The van der Waals surface area contributed by atoms with Crippen LogP contribution in [0.4, 0.5) is 10.1 Å². The third-order valence-electron chi connectivity index (χ3n) is 3.53. The van der Waals surface area contributed by atoms with Gasteiger partial charge in [-0.3, -0.25) is 9.59 Å². The van der Waals surface area contributed by atoms with E-state index >= 15 is 0 Å². The molecule has 2 aromatic carbocycles. The number of aliphatic hydroxyl groups excluding tert-OH is 1. The van der Waals surface area contributed by atoms with E-state index in [1.165, 1.54) is 43.5 Å². The molecule has 2 aromatic rings. The van der Waals surface area contributed by atoms with Crippen LogP contribution in [0.15, 0.2) is 42.5 Å². The van der Waals surface area contributed by atoms with Crippen molar-refractivity contribution in [3.05, 3.63) is 64.4 Å². The molecule has 1 unspecified atom stereocenters. The van der Waals surface area contributed by atoms with Crippen molar-refractivity contribution in [3.63, 3.8) is 0 Å². The summed E-state index contributed by atoms with van der Waals surface area (Å²) < 4.78 is 17.7. The van der Waals surface area contributed by atoms with Crippen LogP contribution in [0.25, 0.3) is 0 Å². The van der Waals surface area contributed by atoms with Crippen LogP contribution in [0.3, 0.4) is 0 Å². The van der Waals surface area contributed by atoms with E-state index in [9.17, 15) is 23.9 Å². The maximum absolute atomic E-state index is 13.1. The Hall–Kier alpha value is -2.97. The molecular formula is C18H16ClFN2O5. The smallest absolute Gasteiger partial charge is 0.337 e. The number of nitrogens with one attached hydrogen (secondary N) is 2. The number of methoxy groups -OCH3 is 1. The van der Waals surface area contributed by atoms with E-state index in [4.69, 9.17) is 11.6 Å². The number of carbonyl (C=O) groups excluding carboxylic acids is 3. The average Bonchev–Trinajstić information content (AvgIpc) is 2.66. The van der Waals surface area contributed by atoms with Gasteiger partial charge in [0.25, 0.3) is 0 Å². The number of aliphatic hydroxyl groups is 1. The van der Waals surface area contributed by atoms with Gasteiger partial charge in [-0.2, -0.15) is 0 Å². The van der Waals surface area contributed by atoms with E-state index < -0.39 is 29.7 Å². The fourth-order valence-corrected chi connectivity index (χ4v) is 2.31. The third kappa shape index (κ3) is 5.50. The molecule has 7 nitrogen and oxygen atoms in total. The quantitative estimate of drug-likeness (QED) is 0.532. The largest absolute Gasteiger partial charge is 0.465 e. The summed E-state index contributed by atoms with van der Waals surface area (Å²) in [6.45, 7) is -0.300. The minimum absolute atomic E-state index is 0.0467. The van der Waals surface area contributed by atoms with E-state index in [0.29, 0.717) is 0 Å². The Morgan fingerprint density at radius 3 is 2.59 bits per heavy atom. The topological polar surface area (TPSA) is 105 Å². The van der Waals surface area contributed by atoms with Gasteiger partial charge in [-0.15, -0.1) is 0 Å².